The van der Waals surface area contributed by atoms with E-state index in [9.17, 15) is 9.59 Å². The van der Waals surface area contributed by atoms with Gasteiger partial charge in [-0.25, -0.2) is 0 Å². The highest BCUT2D eigenvalue weighted by atomic mass is 16.5. The van der Waals surface area contributed by atoms with E-state index in [0.29, 0.717) is 11.6 Å². The maximum absolute atomic E-state index is 12.8. The molecular weight excluding hydrogens is 332 g/mol. The van der Waals surface area contributed by atoms with Gasteiger partial charge in [0.1, 0.15) is 6.04 Å². The Kier molecular flexibility index (Phi) is 5.56. The van der Waals surface area contributed by atoms with Crippen molar-refractivity contribution in [1.29, 1.82) is 0 Å². The van der Waals surface area contributed by atoms with Crippen LogP contribution in [-0.2, 0) is 16.1 Å². The second kappa shape index (κ2) is 7.86. The van der Waals surface area contributed by atoms with Gasteiger partial charge in [0, 0.05) is 25.1 Å². The average Bonchev–Trinajstić information content (AvgIpc) is 2.99. The summed E-state index contributed by atoms with van der Waals surface area (Å²) in [6.07, 6.45) is 1.99. The number of carbonyl (C=O) groups excluding carboxylic acids is 2. The molecule has 2 amide bonds. The third-order valence-corrected chi connectivity index (χ3v) is 4.90. The van der Waals surface area contributed by atoms with Crippen molar-refractivity contribution in [3.05, 3.63) is 30.0 Å². The Labute approximate surface area is 152 Å². The lowest BCUT2D eigenvalue weighted by molar-refractivity contribution is -0.120. The molecule has 2 aromatic rings. The molecule has 26 heavy (non-hydrogen) atoms. The van der Waals surface area contributed by atoms with Crippen molar-refractivity contribution in [2.75, 3.05) is 13.2 Å². The number of rotatable bonds is 6. The summed E-state index contributed by atoms with van der Waals surface area (Å²) in [6.45, 7) is 5.98. The van der Waals surface area contributed by atoms with Crippen LogP contribution in [0.25, 0.3) is 10.9 Å². The van der Waals surface area contributed by atoms with Gasteiger partial charge in [0.25, 0.3) is 5.91 Å². The van der Waals surface area contributed by atoms with Gasteiger partial charge in [-0.05, 0) is 30.7 Å². The van der Waals surface area contributed by atoms with E-state index in [1.54, 1.807) is 0 Å². The molecule has 1 aliphatic heterocycles. The van der Waals surface area contributed by atoms with E-state index >= 15 is 0 Å². The minimum atomic E-state index is -0.720. The van der Waals surface area contributed by atoms with Crippen LogP contribution in [0.15, 0.2) is 24.3 Å². The molecule has 1 aromatic heterocycles. The molecule has 3 N–H and O–H groups in total. The summed E-state index contributed by atoms with van der Waals surface area (Å²) in [7, 11) is 0. The molecule has 0 radical (unpaired) electrons. The van der Waals surface area contributed by atoms with E-state index in [0.717, 1.165) is 43.5 Å². The van der Waals surface area contributed by atoms with Crippen LogP contribution in [-0.4, -0.2) is 40.9 Å². The number of benzene rings is 1. The molecule has 7 heteroatoms. The lowest BCUT2D eigenvalue weighted by Gasteiger charge is -2.22. The number of nitrogens with one attached hydrogen (secondary N) is 1. The Balaban J connectivity index is 1.88. The SMILES string of the molecule is CC(C)C(NC(=O)c1nn(CC2CCOCC2)c2ccccc12)C(N)=O. The van der Waals surface area contributed by atoms with Crippen molar-refractivity contribution in [3.8, 4) is 0 Å². The van der Waals surface area contributed by atoms with Gasteiger partial charge >= 0.3 is 0 Å². The van der Waals surface area contributed by atoms with E-state index in [4.69, 9.17) is 10.5 Å². The summed E-state index contributed by atoms with van der Waals surface area (Å²) >= 11 is 0. The molecule has 1 saturated heterocycles. The topological polar surface area (TPSA) is 99.2 Å². The van der Waals surface area contributed by atoms with Gasteiger partial charge in [-0.1, -0.05) is 32.0 Å². The zero-order valence-corrected chi connectivity index (χ0v) is 15.3. The lowest BCUT2D eigenvalue weighted by Crippen LogP contribution is -2.47. The molecule has 0 bridgehead atoms. The van der Waals surface area contributed by atoms with E-state index in [1.165, 1.54) is 0 Å². The Morgan fingerprint density at radius 1 is 1.31 bits per heavy atom. The Hall–Kier alpha value is -2.41. The van der Waals surface area contributed by atoms with Crippen molar-refractivity contribution in [3.63, 3.8) is 0 Å². The largest absolute Gasteiger partial charge is 0.381 e. The van der Waals surface area contributed by atoms with Crippen molar-refractivity contribution < 1.29 is 14.3 Å². The highest BCUT2D eigenvalue weighted by molar-refractivity contribution is 6.06. The fourth-order valence-electron chi connectivity index (χ4n) is 3.38. The summed E-state index contributed by atoms with van der Waals surface area (Å²) in [6, 6.07) is 6.95. The second-order valence-corrected chi connectivity index (χ2v) is 7.20. The van der Waals surface area contributed by atoms with Crippen LogP contribution in [0, 0.1) is 11.8 Å². The van der Waals surface area contributed by atoms with E-state index in [1.807, 2.05) is 42.8 Å². The fourth-order valence-corrected chi connectivity index (χ4v) is 3.38. The molecule has 1 atom stereocenters. The number of carbonyl (C=O) groups is 2. The normalized spacial score (nSPS) is 16.7. The molecule has 140 valence electrons. The number of nitrogens with two attached hydrogens (primary N) is 1. The first-order valence-corrected chi connectivity index (χ1v) is 9.11. The predicted octanol–water partition coefficient (Wildman–Crippen LogP) is 1.70. The monoisotopic (exact) mass is 358 g/mol. The summed E-state index contributed by atoms with van der Waals surface area (Å²) in [4.78, 5) is 24.4. The molecule has 2 heterocycles. The van der Waals surface area contributed by atoms with E-state index in [-0.39, 0.29) is 11.8 Å². The molecule has 0 aliphatic carbocycles. The van der Waals surface area contributed by atoms with E-state index in [2.05, 4.69) is 10.4 Å². The predicted molar refractivity (Wildman–Crippen MR) is 98.6 cm³/mol. The number of ether oxygens (including phenoxy) is 1. The smallest absolute Gasteiger partial charge is 0.273 e. The molecule has 1 unspecified atom stereocenters. The quantitative estimate of drug-likeness (QED) is 0.821. The first kappa shape index (κ1) is 18.4. The zero-order chi connectivity index (χ0) is 18.7. The summed E-state index contributed by atoms with van der Waals surface area (Å²) in [5.41, 5.74) is 6.67. The van der Waals surface area contributed by atoms with Gasteiger partial charge < -0.3 is 15.8 Å². The van der Waals surface area contributed by atoms with Crippen LogP contribution in [0.4, 0.5) is 0 Å². The first-order valence-electron chi connectivity index (χ1n) is 9.11. The van der Waals surface area contributed by atoms with Crippen molar-refractivity contribution in [2.45, 2.75) is 39.3 Å². The fraction of sp³-hybridized carbons (Fsp3) is 0.526. The minimum Gasteiger partial charge on any atom is -0.381 e. The second-order valence-electron chi connectivity index (χ2n) is 7.20. The van der Waals surface area contributed by atoms with Crippen molar-refractivity contribution in [1.82, 2.24) is 15.1 Å². The van der Waals surface area contributed by atoms with Crippen LogP contribution in [0.5, 0.6) is 0 Å². The molecule has 7 nitrogen and oxygen atoms in total. The van der Waals surface area contributed by atoms with Crippen LogP contribution >= 0.6 is 0 Å². The van der Waals surface area contributed by atoms with Gasteiger partial charge in [0.15, 0.2) is 5.69 Å². The maximum Gasteiger partial charge on any atom is 0.273 e. The van der Waals surface area contributed by atoms with Crippen molar-refractivity contribution >= 4 is 22.7 Å². The van der Waals surface area contributed by atoms with Gasteiger partial charge in [-0.15, -0.1) is 0 Å². The number of hydrogen-bond acceptors (Lipinski definition) is 4. The Morgan fingerprint density at radius 2 is 2.00 bits per heavy atom. The van der Waals surface area contributed by atoms with Crippen molar-refractivity contribution in [2.24, 2.45) is 17.6 Å². The number of nitrogens with zero attached hydrogens (tertiary/aromatic N) is 2. The third kappa shape index (κ3) is 3.88. The molecule has 1 fully saturated rings. The third-order valence-electron chi connectivity index (χ3n) is 4.90. The minimum absolute atomic E-state index is 0.0907. The van der Waals surface area contributed by atoms with Gasteiger partial charge in [0.2, 0.25) is 5.91 Å². The van der Waals surface area contributed by atoms with E-state index < -0.39 is 11.9 Å². The average molecular weight is 358 g/mol. The molecule has 1 aromatic carbocycles. The van der Waals surface area contributed by atoms with Gasteiger partial charge in [-0.2, -0.15) is 5.10 Å². The highest BCUT2D eigenvalue weighted by Gasteiger charge is 2.26. The Bertz CT molecular complexity index is 793. The van der Waals surface area contributed by atoms with Crippen LogP contribution < -0.4 is 11.1 Å². The molecule has 0 spiro atoms. The molecule has 3 rings (SSSR count). The highest BCUT2D eigenvalue weighted by Crippen LogP contribution is 2.23. The molecular formula is C19H26N4O3. The maximum atomic E-state index is 12.8. The summed E-state index contributed by atoms with van der Waals surface area (Å²) in [5.74, 6) is -0.521. The zero-order valence-electron chi connectivity index (χ0n) is 15.3. The van der Waals surface area contributed by atoms with Gasteiger partial charge in [-0.3, -0.25) is 14.3 Å². The summed E-state index contributed by atoms with van der Waals surface area (Å²) < 4.78 is 7.32. The number of hydrogen-bond donors (Lipinski definition) is 2. The van der Waals surface area contributed by atoms with Crippen LogP contribution in [0.1, 0.15) is 37.2 Å². The molecule has 0 saturated carbocycles. The number of aromatic nitrogens is 2. The summed E-state index contributed by atoms with van der Waals surface area (Å²) in [5, 5.41) is 8.08. The number of para-hydroxylation sites is 1. The number of amides is 2. The Morgan fingerprint density at radius 3 is 2.65 bits per heavy atom. The number of primary amides is 1. The number of fused-ring (bicyclic) bond motifs is 1. The van der Waals surface area contributed by atoms with Crippen LogP contribution in [0.2, 0.25) is 0 Å². The van der Waals surface area contributed by atoms with Crippen LogP contribution in [0.3, 0.4) is 0 Å². The lowest BCUT2D eigenvalue weighted by atomic mass is 10.0. The standard InChI is InChI=1S/C19H26N4O3/c1-12(2)16(18(20)24)21-19(25)17-14-5-3-4-6-15(14)23(22-17)11-13-7-9-26-10-8-13/h3-6,12-13,16H,7-11H2,1-2H3,(H2,20,24)(H,21,25). The molecule has 1 aliphatic rings. The van der Waals surface area contributed by atoms with Gasteiger partial charge in [0.05, 0.1) is 5.52 Å². The first-order chi connectivity index (χ1) is 12.5.